The van der Waals surface area contributed by atoms with Crippen LogP contribution in [0.5, 0.6) is 0 Å². The summed E-state index contributed by atoms with van der Waals surface area (Å²) >= 11 is 0. The second-order valence-corrected chi connectivity index (χ2v) is 6.17. The Morgan fingerprint density at radius 1 is 1.08 bits per heavy atom. The van der Waals surface area contributed by atoms with E-state index >= 15 is 0 Å². The minimum absolute atomic E-state index is 0.408. The molecular formula is C20H17N5O. The number of aryl methyl sites for hydroxylation is 1. The second kappa shape index (κ2) is 6.81. The molecule has 0 fully saturated rings. The van der Waals surface area contributed by atoms with Crippen molar-refractivity contribution in [3.05, 3.63) is 53.7 Å². The van der Waals surface area contributed by atoms with Crippen molar-refractivity contribution in [2.45, 2.75) is 26.2 Å². The van der Waals surface area contributed by atoms with Gasteiger partial charge in [-0.2, -0.15) is 10.4 Å². The molecule has 2 aromatic carbocycles. The van der Waals surface area contributed by atoms with Crippen molar-refractivity contribution in [1.82, 2.24) is 20.4 Å². The molecule has 0 aliphatic rings. The van der Waals surface area contributed by atoms with E-state index in [1.807, 2.05) is 36.4 Å². The lowest BCUT2D eigenvalue weighted by Gasteiger charge is -2.04. The molecule has 6 nitrogen and oxygen atoms in total. The highest BCUT2D eigenvalue weighted by atomic mass is 16.4. The Bertz CT molecular complexity index is 1100. The smallest absolute Gasteiger partial charge is 0.248 e. The Hall–Kier alpha value is -3.46. The van der Waals surface area contributed by atoms with Crippen molar-refractivity contribution in [3.8, 4) is 29.0 Å². The highest BCUT2D eigenvalue weighted by molar-refractivity contribution is 5.82. The topological polar surface area (TPSA) is 91.4 Å². The van der Waals surface area contributed by atoms with Gasteiger partial charge in [0.05, 0.1) is 23.3 Å². The van der Waals surface area contributed by atoms with Crippen molar-refractivity contribution >= 4 is 10.9 Å². The highest BCUT2D eigenvalue weighted by Gasteiger charge is 2.13. The zero-order valence-corrected chi connectivity index (χ0v) is 14.4. The van der Waals surface area contributed by atoms with Crippen LogP contribution in [0.1, 0.15) is 30.9 Å². The Morgan fingerprint density at radius 2 is 1.85 bits per heavy atom. The molecule has 26 heavy (non-hydrogen) atoms. The summed E-state index contributed by atoms with van der Waals surface area (Å²) in [6.45, 7) is 2.14. The molecular weight excluding hydrogens is 326 g/mol. The van der Waals surface area contributed by atoms with Gasteiger partial charge in [0, 0.05) is 16.5 Å². The van der Waals surface area contributed by atoms with Gasteiger partial charge in [-0.3, -0.25) is 5.10 Å². The third-order valence-corrected chi connectivity index (χ3v) is 4.39. The fraction of sp³-hybridized carbons (Fsp3) is 0.200. The first kappa shape index (κ1) is 16.0. The molecule has 1 N–H and O–H groups in total. The van der Waals surface area contributed by atoms with Crippen LogP contribution >= 0.6 is 0 Å². The van der Waals surface area contributed by atoms with Crippen LogP contribution in [0.15, 0.2) is 47.0 Å². The van der Waals surface area contributed by atoms with Crippen LogP contribution in [-0.2, 0) is 6.42 Å². The first-order valence-corrected chi connectivity index (χ1v) is 8.59. The molecule has 0 bridgehead atoms. The number of H-pyrrole nitrogens is 1. The SMILES string of the molecule is CCCCc1ccc(-c2nnc(-c3ccc4[nH]ncc4c3)o2)cc1C#N. The number of nitriles is 1. The summed E-state index contributed by atoms with van der Waals surface area (Å²) in [5.41, 5.74) is 4.26. The minimum Gasteiger partial charge on any atom is -0.416 e. The summed E-state index contributed by atoms with van der Waals surface area (Å²) in [6.07, 6.45) is 4.82. The van der Waals surface area contributed by atoms with E-state index in [-0.39, 0.29) is 0 Å². The Morgan fingerprint density at radius 3 is 2.62 bits per heavy atom. The van der Waals surface area contributed by atoms with Gasteiger partial charge in [-0.1, -0.05) is 19.4 Å². The van der Waals surface area contributed by atoms with Gasteiger partial charge in [0.25, 0.3) is 0 Å². The fourth-order valence-electron chi connectivity index (χ4n) is 2.93. The van der Waals surface area contributed by atoms with Gasteiger partial charge < -0.3 is 4.42 Å². The highest BCUT2D eigenvalue weighted by Crippen LogP contribution is 2.27. The van der Waals surface area contributed by atoms with Gasteiger partial charge in [0.2, 0.25) is 11.8 Å². The van der Waals surface area contributed by atoms with Crippen molar-refractivity contribution < 1.29 is 4.42 Å². The van der Waals surface area contributed by atoms with E-state index in [0.29, 0.717) is 17.3 Å². The van der Waals surface area contributed by atoms with Crippen LogP contribution in [0.2, 0.25) is 0 Å². The molecule has 4 aromatic rings. The van der Waals surface area contributed by atoms with E-state index in [1.54, 1.807) is 6.20 Å². The fourth-order valence-corrected chi connectivity index (χ4v) is 2.93. The van der Waals surface area contributed by atoms with E-state index < -0.39 is 0 Å². The van der Waals surface area contributed by atoms with Crippen molar-refractivity contribution in [2.75, 3.05) is 0 Å². The molecule has 0 amide bonds. The largest absolute Gasteiger partial charge is 0.416 e. The van der Waals surface area contributed by atoms with Gasteiger partial charge in [-0.15, -0.1) is 10.2 Å². The lowest BCUT2D eigenvalue weighted by molar-refractivity contribution is 0.584. The number of hydrogen-bond donors (Lipinski definition) is 1. The summed E-state index contributed by atoms with van der Waals surface area (Å²) in [7, 11) is 0. The first-order chi connectivity index (χ1) is 12.8. The number of unbranched alkanes of at least 4 members (excludes halogenated alkanes) is 1. The van der Waals surface area contributed by atoms with Crippen molar-refractivity contribution in [1.29, 1.82) is 5.26 Å². The predicted molar refractivity (Wildman–Crippen MR) is 98.1 cm³/mol. The molecule has 0 saturated heterocycles. The summed E-state index contributed by atoms with van der Waals surface area (Å²) in [4.78, 5) is 0. The molecule has 6 heteroatoms. The van der Waals surface area contributed by atoms with Gasteiger partial charge in [-0.25, -0.2) is 0 Å². The molecule has 0 radical (unpaired) electrons. The maximum Gasteiger partial charge on any atom is 0.248 e. The monoisotopic (exact) mass is 343 g/mol. The molecule has 128 valence electrons. The molecule has 0 spiro atoms. The van der Waals surface area contributed by atoms with Gasteiger partial charge >= 0.3 is 0 Å². The van der Waals surface area contributed by atoms with E-state index in [4.69, 9.17) is 4.42 Å². The van der Waals surface area contributed by atoms with E-state index in [2.05, 4.69) is 33.4 Å². The van der Waals surface area contributed by atoms with Crippen LogP contribution in [-0.4, -0.2) is 20.4 Å². The maximum atomic E-state index is 9.43. The lowest BCUT2D eigenvalue weighted by Crippen LogP contribution is -1.91. The molecule has 2 aromatic heterocycles. The van der Waals surface area contributed by atoms with Crippen LogP contribution in [0.25, 0.3) is 33.8 Å². The summed E-state index contributed by atoms with van der Waals surface area (Å²) in [6, 6.07) is 13.8. The van der Waals surface area contributed by atoms with E-state index in [1.165, 1.54) is 0 Å². The predicted octanol–water partition coefficient (Wildman–Crippen LogP) is 4.49. The van der Waals surface area contributed by atoms with Crippen LogP contribution < -0.4 is 0 Å². The number of aromatic amines is 1. The van der Waals surface area contributed by atoms with E-state index in [9.17, 15) is 5.26 Å². The minimum atomic E-state index is 0.408. The number of rotatable bonds is 5. The van der Waals surface area contributed by atoms with Crippen LogP contribution in [0, 0.1) is 11.3 Å². The summed E-state index contributed by atoms with van der Waals surface area (Å²) in [5, 5.41) is 25.6. The average molecular weight is 343 g/mol. The number of aromatic nitrogens is 4. The number of fused-ring (bicyclic) bond motifs is 1. The lowest BCUT2D eigenvalue weighted by atomic mass is 10.0. The number of nitrogens with zero attached hydrogens (tertiary/aromatic N) is 4. The first-order valence-electron chi connectivity index (χ1n) is 8.59. The number of hydrogen-bond acceptors (Lipinski definition) is 5. The maximum absolute atomic E-state index is 9.43. The average Bonchev–Trinajstić information content (AvgIpc) is 3.34. The van der Waals surface area contributed by atoms with Gasteiger partial charge in [0.15, 0.2) is 0 Å². The van der Waals surface area contributed by atoms with Crippen molar-refractivity contribution in [3.63, 3.8) is 0 Å². The molecule has 4 rings (SSSR count). The molecule has 0 aliphatic carbocycles. The Kier molecular flexibility index (Phi) is 4.20. The van der Waals surface area contributed by atoms with Crippen LogP contribution in [0.4, 0.5) is 0 Å². The second-order valence-electron chi connectivity index (χ2n) is 6.17. The van der Waals surface area contributed by atoms with E-state index in [0.717, 1.165) is 46.9 Å². The number of nitrogens with one attached hydrogen (secondary N) is 1. The zero-order chi connectivity index (χ0) is 17.9. The molecule has 0 saturated carbocycles. The Labute approximate surface area is 150 Å². The van der Waals surface area contributed by atoms with Gasteiger partial charge in [-0.05, 0) is 48.7 Å². The number of benzene rings is 2. The van der Waals surface area contributed by atoms with Crippen LogP contribution in [0.3, 0.4) is 0 Å². The quantitative estimate of drug-likeness (QED) is 0.576. The zero-order valence-electron chi connectivity index (χ0n) is 14.4. The molecule has 0 aliphatic heterocycles. The normalized spacial score (nSPS) is 10.9. The Balaban J connectivity index is 1.66. The molecule has 2 heterocycles. The third-order valence-electron chi connectivity index (χ3n) is 4.39. The van der Waals surface area contributed by atoms with Crippen molar-refractivity contribution in [2.24, 2.45) is 0 Å². The summed E-state index contributed by atoms with van der Waals surface area (Å²) in [5.74, 6) is 0.850. The van der Waals surface area contributed by atoms with Gasteiger partial charge in [0.1, 0.15) is 0 Å². The molecule has 0 unspecified atom stereocenters. The standard InChI is InChI=1S/C20H17N5O/c1-2-3-4-13-5-6-14(9-16(13)11-21)19-24-25-20(26-19)15-7-8-18-17(10-15)12-22-23-18/h5-10,12H,2-4H2,1H3,(H,22,23). The third kappa shape index (κ3) is 2.95. The summed E-state index contributed by atoms with van der Waals surface area (Å²) < 4.78 is 5.84. The molecule has 0 atom stereocenters.